The fourth-order valence-electron chi connectivity index (χ4n) is 6.85. The van der Waals surface area contributed by atoms with Crippen molar-refractivity contribution in [2.75, 3.05) is 18.0 Å². The monoisotopic (exact) mass is 729 g/mol. The first-order valence-electron chi connectivity index (χ1n) is 17.2. The Hall–Kier alpha value is -4.89. The SMILES string of the molecule is CC(C)(C)CC(NC(=O)c1cnc(-c2cn(C3CCC(F)(F)CC3)c3cc(OC4CCN(c5ncccn5)CC4)ccc23)nc1C(F)(F)F)C(=O)O. The number of anilines is 1. The van der Waals surface area contributed by atoms with E-state index in [0.717, 1.165) is 6.20 Å². The first kappa shape index (κ1) is 36.9. The highest BCUT2D eigenvalue weighted by atomic mass is 19.4. The fraction of sp³-hybridized carbons (Fsp3) is 0.500. The number of nitrogens with one attached hydrogen (secondary N) is 1. The second-order valence-corrected chi connectivity index (χ2v) is 14.7. The van der Waals surface area contributed by atoms with E-state index in [1.54, 1.807) is 68.2 Å². The number of hydrogen-bond acceptors (Lipinski definition) is 8. The Labute approximate surface area is 296 Å². The molecule has 1 saturated carbocycles. The van der Waals surface area contributed by atoms with E-state index in [4.69, 9.17) is 4.74 Å². The van der Waals surface area contributed by atoms with Crippen LogP contribution in [0.25, 0.3) is 22.3 Å². The van der Waals surface area contributed by atoms with Crippen molar-refractivity contribution >= 4 is 28.7 Å². The maximum absolute atomic E-state index is 14.5. The minimum absolute atomic E-state index is 0.0332. The molecule has 278 valence electrons. The van der Waals surface area contributed by atoms with Crippen molar-refractivity contribution in [2.24, 2.45) is 5.41 Å². The van der Waals surface area contributed by atoms with E-state index < -0.39 is 46.7 Å². The highest BCUT2D eigenvalue weighted by molar-refractivity contribution is 5.98. The van der Waals surface area contributed by atoms with E-state index in [1.807, 2.05) is 0 Å². The van der Waals surface area contributed by atoms with Gasteiger partial charge in [0.1, 0.15) is 17.9 Å². The summed E-state index contributed by atoms with van der Waals surface area (Å²) in [5, 5.41) is 12.3. The number of hydrogen-bond donors (Lipinski definition) is 2. The lowest BCUT2D eigenvalue weighted by Crippen LogP contribution is -2.43. The quantitative estimate of drug-likeness (QED) is 0.170. The summed E-state index contributed by atoms with van der Waals surface area (Å²) in [6, 6.07) is 5.07. The number of amides is 1. The average Bonchev–Trinajstić information content (AvgIpc) is 3.46. The van der Waals surface area contributed by atoms with Gasteiger partial charge in [0, 0.05) is 86.6 Å². The molecule has 0 bridgehead atoms. The van der Waals surface area contributed by atoms with Gasteiger partial charge in [0.25, 0.3) is 5.91 Å². The molecule has 0 radical (unpaired) electrons. The lowest BCUT2D eigenvalue weighted by molar-refractivity contribution is -0.141. The van der Waals surface area contributed by atoms with Crippen LogP contribution in [0.2, 0.25) is 0 Å². The number of carboxylic acid groups (broad SMARTS) is 1. The molecule has 1 unspecified atom stereocenters. The Morgan fingerprint density at radius 3 is 2.33 bits per heavy atom. The van der Waals surface area contributed by atoms with Gasteiger partial charge in [-0.15, -0.1) is 0 Å². The number of carbonyl (C=O) groups is 2. The second kappa shape index (κ2) is 14.3. The summed E-state index contributed by atoms with van der Waals surface area (Å²) in [4.78, 5) is 43.6. The molecule has 2 fully saturated rings. The zero-order valence-electron chi connectivity index (χ0n) is 29.0. The van der Waals surface area contributed by atoms with Gasteiger partial charge in [0.05, 0.1) is 11.1 Å². The van der Waals surface area contributed by atoms with Crippen molar-refractivity contribution in [3.8, 4) is 17.1 Å². The molecule has 1 aliphatic carbocycles. The summed E-state index contributed by atoms with van der Waals surface area (Å²) in [6.45, 7) is 6.57. The van der Waals surface area contributed by atoms with E-state index in [9.17, 15) is 36.6 Å². The van der Waals surface area contributed by atoms with Crippen molar-refractivity contribution < 1.29 is 41.4 Å². The normalized spacial score (nSPS) is 18.0. The third-order valence-electron chi connectivity index (χ3n) is 9.43. The van der Waals surface area contributed by atoms with Crippen molar-refractivity contribution in [2.45, 2.75) is 96.0 Å². The van der Waals surface area contributed by atoms with Gasteiger partial charge in [-0.25, -0.2) is 33.5 Å². The maximum atomic E-state index is 14.5. The number of aliphatic carboxylic acids is 1. The van der Waals surface area contributed by atoms with Gasteiger partial charge in [0.2, 0.25) is 11.9 Å². The molecule has 52 heavy (non-hydrogen) atoms. The number of piperidine rings is 1. The van der Waals surface area contributed by atoms with Crippen LogP contribution in [0, 0.1) is 5.41 Å². The minimum Gasteiger partial charge on any atom is -0.490 e. The molecule has 3 aromatic heterocycles. The Morgan fingerprint density at radius 1 is 1.04 bits per heavy atom. The Morgan fingerprint density at radius 2 is 1.71 bits per heavy atom. The summed E-state index contributed by atoms with van der Waals surface area (Å²) in [7, 11) is 0. The smallest absolute Gasteiger partial charge is 0.434 e. The van der Waals surface area contributed by atoms with Gasteiger partial charge in [-0.2, -0.15) is 13.2 Å². The number of aromatic nitrogens is 5. The standard InChI is InChI=1S/C36H40F5N7O4/c1-34(2,3)18-27(32(50)51)45-31(49)25-19-44-30(46-29(25)36(39,40)41)26-20-48(21-7-11-35(37,38)12-8-21)28-17-23(5-6-24(26)28)52-22-9-15-47(16-10-22)33-42-13-4-14-43-33/h4-6,13-14,17,19-22,27H,7-12,15-16,18H2,1-3H3,(H,45,49)(H,50,51). The van der Waals surface area contributed by atoms with Gasteiger partial charge in [-0.05, 0) is 42.9 Å². The molecule has 2 N–H and O–H groups in total. The largest absolute Gasteiger partial charge is 0.490 e. The molecule has 4 heterocycles. The Balaban J connectivity index is 1.32. The molecule has 1 atom stereocenters. The average molecular weight is 730 g/mol. The molecule has 2 aliphatic rings. The molecule has 4 aromatic rings. The second-order valence-electron chi connectivity index (χ2n) is 14.7. The van der Waals surface area contributed by atoms with E-state index in [-0.39, 0.29) is 55.6 Å². The number of alkyl halides is 5. The molecule has 1 saturated heterocycles. The van der Waals surface area contributed by atoms with E-state index in [1.165, 1.54) is 0 Å². The topological polar surface area (TPSA) is 135 Å². The highest BCUT2D eigenvalue weighted by Crippen LogP contribution is 2.43. The summed E-state index contributed by atoms with van der Waals surface area (Å²) < 4.78 is 79.9. The van der Waals surface area contributed by atoms with Crippen LogP contribution in [0.4, 0.5) is 27.9 Å². The number of nitrogens with zero attached hydrogens (tertiary/aromatic N) is 6. The van der Waals surface area contributed by atoms with Gasteiger partial charge < -0.3 is 24.6 Å². The highest BCUT2D eigenvalue weighted by Gasteiger charge is 2.40. The maximum Gasteiger partial charge on any atom is 0.434 e. The molecule has 16 heteroatoms. The summed E-state index contributed by atoms with van der Waals surface area (Å²) >= 11 is 0. The molecule has 1 aromatic carbocycles. The Kier molecular flexibility index (Phi) is 10.1. The molecule has 0 spiro atoms. The number of halogens is 5. The van der Waals surface area contributed by atoms with Gasteiger partial charge in [-0.3, -0.25) is 4.79 Å². The van der Waals surface area contributed by atoms with Crippen LogP contribution in [0.3, 0.4) is 0 Å². The molecular weight excluding hydrogens is 689 g/mol. The number of carboxylic acids is 1. The number of benzene rings is 1. The van der Waals surface area contributed by atoms with E-state index in [2.05, 4.69) is 30.2 Å². The predicted molar refractivity (Wildman–Crippen MR) is 181 cm³/mol. The van der Waals surface area contributed by atoms with Crippen molar-refractivity contribution in [1.29, 1.82) is 0 Å². The predicted octanol–water partition coefficient (Wildman–Crippen LogP) is 7.32. The van der Waals surface area contributed by atoms with Crippen LogP contribution in [0.1, 0.15) is 87.8 Å². The van der Waals surface area contributed by atoms with Crippen LogP contribution in [0.15, 0.2) is 49.1 Å². The van der Waals surface area contributed by atoms with Gasteiger partial charge in [0.15, 0.2) is 11.5 Å². The summed E-state index contributed by atoms with van der Waals surface area (Å²) in [5.74, 6) is -4.64. The summed E-state index contributed by atoms with van der Waals surface area (Å²) in [5.41, 5.74) is -2.23. The third-order valence-corrected chi connectivity index (χ3v) is 9.43. The first-order valence-corrected chi connectivity index (χ1v) is 17.2. The first-order chi connectivity index (χ1) is 24.5. The Bertz CT molecular complexity index is 1910. The minimum atomic E-state index is -5.09. The van der Waals surface area contributed by atoms with Crippen LogP contribution in [0.5, 0.6) is 5.75 Å². The van der Waals surface area contributed by atoms with E-state index >= 15 is 0 Å². The molecule has 11 nitrogen and oxygen atoms in total. The fourth-order valence-corrected chi connectivity index (χ4v) is 6.85. The van der Waals surface area contributed by atoms with Gasteiger partial charge >= 0.3 is 12.1 Å². The zero-order chi connectivity index (χ0) is 37.4. The number of fused-ring (bicyclic) bond motifs is 1. The molecule has 1 amide bonds. The van der Waals surface area contributed by atoms with Gasteiger partial charge in [-0.1, -0.05) is 20.8 Å². The van der Waals surface area contributed by atoms with Crippen molar-refractivity contribution in [3.63, 3.8) is 0 Å². The van der Waals surface area contributed by atoms with E-state index in [0.29, 0.717) is 48.5 Å². The van der Waals surface area contributed by atoms with Crippen LogP contribution in [-0.2, 0) is 11.0 Å². The molecule has 6 rings (SSSR count). The zero-order valence-corrected chi connectivity index (χ0v) is 29.0. The number of carbonyl (C=O) groups excluding carboxylic acids is 1. The van der Waals surface area contributed by atoms with Crippen LogP contribution < -0.4 is 15.0 Å². The summed E-state index contributed by atoms with van der Waals surface area (Å²) in [6.07, 6.45) is 1.43. The number of rotatable bonds is 9. The van der Waals surface area contributed by atoms with Crippen LogP contribution in [-0.4, -0.2) is 72.6 Å². The van der Waals surface area contributed by atoms with Crippen molar-refractivity contribution in [3.05, 3.63) is 60.3 Å². The molecule has 1 aliphatic heterocycles. The lowest BCUT2D eigenvalue weighted by atomic mass is 9.88. The van der Waals surface area contributed by atoms with Crippen molar-refractivity contribution in [1.82, 2.24) is 29.8 Å². The number of ether oxygens (including phenoxy) is 1. The lowest BCUT2D eigenvalue weighted by Gasteiger charge is -2.32. The van der Waals surface area contributed by atoms with Crippen LogP contribution >= 0.6 is 0 Å². The molecular formula is C36H40F5N7O4. The third kappa shape index (κ3) is 8.42.